The molecule has 1 aliphatic heterocycles. The van der Waals surface area contributed by atoms with Crippen LogP contribution in [0, 0.1) is 6.92 Å². The summed E-state index contributed by atoms with van der Waals surface area (Å²) in [6.45, 7) is 3.38. The maximum absolute atomic E-state index is 10.9. The topological polar surface area (TPSA) is 35.5 Å². The molecule has 0 N–H and O–H groups in total. The fourth-order valence-corrected chi connectivity index (χ4v) is 1.90. The molecular weight excluding hydrogens is 204 g/mol. The van der Waals surface area contributed by atoms with Gasteiger partial charge in [0.05, 0.1) is 12.2 Å². The molecule has 1 unspecified atom stereocenters. The molecule has 3 nitrogen and oxygen atoms in total. The van der Waals surface area contributed by atoms with Crippen molar-refractivity contribution in [1.82, 2.24) is 0 Å². The number of aryl methyl sites for hydroxylation is 1. The number of hydrogen-bond donors (Lipinski definition) is 0. The summed E-state index contributed by atoms with van der Waals surface area (Å²) in [5.74, 6) is 0.702. The molecule has 1 heterocycles. The Hall–Kier alpha value is -1.35. The minimum Gasteiger partial charge on any atom is -0.487 e. The molecule has 0 bridgehead atoms. The van der Waals surface area contributed by atoms with Crippen LogP contribution < -0.4 is 4.74 Å². The van der Waals surface area contributed by atoms with Crippen LogP contribution in [0.25, 0.3) is 0 Å². The Morgan fingerprint density at radius 2 is 2.38 bits per heavy atom. The number of carbonyl (C=O) groups excluding carboxylic acids is 1. The average Bonchev–Trinajstić information content (AvgIpc) is 2.33. The molecule has 0 spiro atoms. The third-order valence-corrected chi connectivity index (χ3v) is 2.77. The molecule has 3 heteroatoms. The first kappa shape index (κ1) is 11.1. The summed E-state index contributed by atoms with van der Waals surface area (Å²) in [5.41, 5.74) is 1.61. The molecule has 2 rings (SSSR count). The molecule has 86 valence electrons. The Bertz CT molecular complexity index is 367. The summed E-state index contributed by atoms with van der Waals surface area (Å²) in [6, 6.07) is 5.59. The molecular formula is C13H16O3. The summed E-state index contributed by atoms with van der Waals surface area (Å²) in [6.07, 6.45) is 2.93. The van der Waals surface area contributed by atoms with E-state index in [-0.39, 0.29) is 6.10 Å². The van der Waals surface area contributed by atoms with Crippen molar-refractivity contribution >= 4 is 6.29 Å². The number of aldehydes is 1. The number of carbonyl (C=O) groups is 1. The summed E-state index contributed by atoms with van der Waals surface area (Å²) in [5, 5.41) is 0. The second-order valence-corrected chi connectivity index (χ2v) is 4.07. The van der Waals surface area contributed by atoms with Crippen LogP contribution in [0.1, 0.15) is 28.8 Å². The number of para-hydroxylation sites is 1. The van der Waals surface area contributed by atoms with Crippen molar-refractivity contribution in [2.45, 2.75) is 25.9 Å². The minimum absolute atomic E-state index is 0.0774. The van der Waals surface area contributed by atoms with E-state index >= 15 is 0 Å². The lowest BCUT2D eigenvalue weighted by atomic mass is 10.1. The van der Waals surface area contributed by atoms with Crippen LogP contribution >= 0.6 is 0 Å². The average molecular weight is 220 g/mol. The highest BCUT2D eigenvalue weighted by Crippen LogP contribution is 2.25. The van der Waals surface area contributed by atoms with Gasteiger partial charge in [0, 0.05) is 6.61 Å². The van der Waals surface area contributed by atoms with Gasteiger partial charge < -0.3 is 9.47 Å². The predicted octanol–water partition coefficient (Wildman–Crippen LogP) is 2.37. The van der Waals surface area contributed by atoms with Gasteiger partial charge in [-0.1, -0.05) is 12.1 Å². The van der Waals surface area contributed by atoms with E-state index in [0.717, 1.165) is 31.3 Å². The molecule has 0 amide bonds. The summed E-state index contributed by atoms with van der Waals surface area (Å²) in [7, 11) is 0. The van der Waals surface area contributed by atoms with Gasteiger partial charge in [-0.2, -0.15) is 0 Å². The van der Waals surface area contributed by atoms with E-state index in [1.54, 1.807) is 6.07 Å². The normalized spacial score (nSPS) is 20.4. The van der Waals surface area contributed by atoms with Gasteiger partial charge in [-0.25, -0.2) is 0 Å². The van der Waals surface area contributed by atoms with E-state index in [4.69, 9.17) is 9.47 Å². The molecule has 0 saturated carbocycles. The lowest BCUT2D eigenvalue weighted by Crippen LogP contribution is -2.28. The van der Waals surface area contributed by atoms with Crippen LogP contribution in [0.3, 0.4) is 0 Å². The van der Waals surface area contributed by atoms with Gasteiger partial charge in [-0.3, -0.25) is 4.79 Å². The molecule has 1 saturated heterocycles. The van der Waals surface area contributed by atoms with Gasteiger partial charge in [-0.05, 0) is 31.4 Å². The minimum atomic E-state index is 0.0774. The maximum atomic E-state index is 10.9. The fraction of sp³-hybridized carbons (Fsp3) is 0.462. The van der Waals surface area contributed by atoms with Gasteiger partial charge in [0.2, 0.25) is 0 Å². The van der Waals surface area contributed by atoms with Gasteiger partial charge in [0.15, 0.2) is 6.29 Å². The third-order valence-electron chi connectivity index (χ3n) is 2.77. The van der Waals surface area contributed by atoms with E-state index in [9.17, 15) is 4.79 Å². The van der Waals surface area contributed by atoms with Crippen LogP contribution in [-0.2, 0) is 4.74 Å². The Kier molecular flexibility index (Phi) is 3.57. The van der Waals surface area contributed by atoms with E-state index in [0.29, 0.717) is 17.9 Å². The van der Waals surface area contributed by atoms with Gasteiger partial charge >= 0.3 is 0 Å². The third kappa shape index (κ3) is 2.42. The predicted molar refractivity (Wildman–Crippen MR) is 61.0 cm³/mol. The van der Waals surface area contributed by atoms with Crippen molar-refractivity contribution in [2.24, 2.45) is 0 Å². The van der Waals surface area contributed by atoms with Crippen molar-refractivity contribution in [3.63, 3.8) is 0 Å². The van der Waals surface area contributed by atoms with Crippen LogP contribution in [-0.4, -0.2) is 25.6 Å². The van der Waals surface area contributed by atoms with Crippen LogP contribution in [0.2, 0.25) is 0 Å². The summed E-state index contributed by atoms with van der Waals surface area (Å²) < 4.78 is 11.2. The Morgan fingerprint density at radius 1 is 1.50 bits per heavy atom. The van der Waals surface area contributed by atoms with E-state index < -0.39 is 0 Å². The lowest BCUT2D eigenvalue weighted by Gasteiger charge is -2.24. The zero-order valence-corrected chi connectivity index (χ0v) is 9.44. The highest BCUT2D eigenvalue weighted by Gasteiger charge is 2.17. The molecule has 0 aromatic heterocycles. The SMILES string of the molecule is Cc1cccc(C=O)c1OC1CCCOC1. The second-order valence-electron chi connectivity index (χ2n) is 4.07. The summed E-state index contributed by atoms with van der Waals surface area (Å²) >= 11 is 0. The molecule has 1 aromatic rings. The van der Waals surface area contributed by atoms with Gasteiger partial charge in [0.25, 0.3) is 0 Å². The molecule has 0 aliphatic carbocycles. The lowest BCUT2D eigenvalue weighted by molar-refractivity contribution is 0.00692. The first-order chi connectivity index (χ1) is 7.81. The Balaban J connectivity index is 2.15. The van der Waals surface area contributed by atoms with Crippen LogP contribution in [0.5, 0.6) is 5.75 Å². The number of rotatable bonds is 3. The Morgan fingerprint density at radius 3 is 3.06 bits per heavy atom. The van der Waals surface area contributed by atoms with Gasteiger partial charge in [-0.15, -0.1) is 0 Å². The maximum Gasteiger partial charge on any atom is 0.153 e. The number of hydrogen-bond acceptors (Lipinski definition) is 3. The highest BCUT2D eigenvalue weighted by molar-refractivity contribution is 5.80. The smallest absolute Gasteiger partial charge is 0.153 e. The molecule has 1 aromatic carbocycles. The first-order valence-electron chi connectivity index (χ1n) is 5.60. The zero-order valence-electron chi connectivity index (χ0n) is 9.44. The quantitative estimate of drug-likeness (QED) is 0.733. The Labute approximate surface area is 95.4 Å². The van der Waals surface area contributed by atoms with Crippen molar-refractivity contribution in [3.8, 4) is 5.75 Å². The molecule has 1 aliphatic rings. The number of benzene rings is 1. The van der Waals surface area contributed by atoms with Gasteiger partial charge in [0.1, 0.15) is 11.9 Å². The van der Waals surface area contributed by atoms with Crippen molar-refractivity contribution in [1.29, 1.82) is 0 Å². The molecule has 0 radical (unpaired) electrons. The van der Waals surface area contributed by atoms with E-state index in [1.807, 2.05) is 19.1 Å². The summed E-state index contributed by atoms with van der Waals surface area (Å²) in [4.78, 5) is 10.9. The standard InChI is InChI=1S/C13H16O3/c1-10-4-2-5-11(8-14)13(10)16-12-6-3-7-15-9-12/h2,4-5,8,12H,3,6-7,9H2,1H3. The fourth-order valence-electron chi connectivity index (χ4n) is 1.90. The largest absolute Gasteiger partial charge is 0.487 e. The molecule has 1 atom stereocenters. The monoisotopic (exact) mass is 220 g/mol. The first-order valence-corrected chi connectivity index (χ1v) is 5.60. The van der Waals surface area contributed by atoms with Crippen molar-refractivity contribution < 1.29 is 14.3 Å². The zero-order chi connectivity index (χ0) is 11.4. The second kappa shape index (κ2) is 5.12. The van der Waals surface area contributed by atoms with Crippen molar-refractivity contribution in [3.05, 3.63) is 29.3 Å². The van der Waals surface area contributed by atoms with Crippen LogP contribution in [0.4, 0.5) is 0 Å². The molecule has 1 fully saturated rings. The number of ether oxygens (including phenoxy) is 2. The van der Waals surface area contributed by atoms with E-state index in [2.05, 4.69) is 0 Å². The van der Waals surface area contributed by atoms with Crippen LogP contribution in [0.15, 0.2) is 18.2 Å². The molecule has 16 heavy (non-hydrogen) atoms. The highest BCUT2D eigenvalue weighted by atomic mass is 16.5. The van der Waals surface area contributed by atoms with Crippen molar-refractivity contribution in [2.75, 3.05) is 13.2 Å². The van der Waals surface area contributed by atoms with E-state index in [1.165, 1.54) is 0 Å².